The summed E-state index contributed by atoms with van der Waals surface area (Å²) in [5.74, 6) is -0.000566. The molecule has 2 heterocycles. The Balaban J connectivity index is 1.91. The van der Waals surface area contributed by atoms with Gasteiger partial charge in [-0.25, -0.2) is 4.79 Å². The van der Waals surface area contributed by atoms with E-state index >= 15 is 0 Å². The Bertz CT molecular complexity index is 477. The van der Waals surface area contributed by atoms with Gasteiger partial charge in [0.1, 0.15) is 6.54 Å². The number of aromatic nitrogens is 1. The zero-order valence-corrected chi connectivity index (χ0v) is 11.9. The molecule has 1 fully saturated rings. The minimum absolute atomic E-state index is 0.000566. The van der Waals surface area contributed by atoms with Crippen LogP contribution in [-0.2, 0) is 4.79 Å². The van der Waals surface area contributed by atoms with Gasteiger partial charge in [-0.3, -0.25) is 9.78 Å². The molecule has 0 spiro atoms. The number of rotatable bonds is 3. The fourth-order valence-electron chi connectivity index (χ4n) is 2.20. The molecule has 1 unspecified atom stereocenters. The number of pyridine rings is 1. The monoisotopic (exact) mass is 276 g/mol. The van der Waals surface area contributed by atoms with Crippen LogP contribution in [0, 0.1) is 0 Å². The minimum Gasteiger partial charge on any atom is -0.340 e. The molecule has 6 heteroatoms. The second kappa shape index (κ2) is 6.36. The molecule has 1 atom stereocenters. The third-order valence-electron chi connectivity index (χ3n) is 3.46. The number of nitrogens with zero attached hydrogens (tertiary/aromatic N) is 3. The number of urea groups is 1. The van der Waals surface area contributed by atoms with Crippen LogP contribution in [0.15, 0.2) is 24.4 Å². The van der Waals surface area contributed by atoms with E-state index in [4.69, 9.17) is 0 Å². The number of hydrogen-bond acceptors (Lipinski definition) is 3. The van der Waals surface area contributed by atoms with Crippen molar-refractivity contribution in [3.63, 3.8) is 0 Å². The number of nitrogens with one attached hydrogen (secondary N) is 1. The van der Waals surface area contributed by atoms with Crippen molar-refractivity contribution < 1.29 is 9.59 Å². The van der Waals surface area contributed by atoms with Gasteiger partial charge in [-0.05, 0) is 26.0 Å². The lowest BCUT2D eigenvalue weighted by Crippen LogP contribution is -2.54. The Hall–Kier alpha value is -2.11. The molecule has 0 radical (unpaired) electrons. The van der Waals surface area contributed by atoms with Crippen LogP contribution in [0.4, 0.5) is 4.79 Å². The van der Waals surface area contributed by atoms with Gasteiger partial charge in [0.2, 0.25) is 5.91 Å². The Morgan fingerprint density at radius 3 is 2.85 bits per heavy atom. The van der Waals surface area contributed by atoms with Crippen molar-refractivity contribution in [2.45, 2.75) is 19.9 Å². The molecule has 108 valence electrons. The summed E-state index contributed by atoms with van der Waals surface area (Å²) in [5, 5.41) is 2.87. The maximum absolute atomic E-state index is 12.1. The molecule has 0 aromatic carbocycles. The first-order valence-corrected chi connectivity index (χ1v) is 6.86. The average molecular weight is 276 g/mol. The Labute approximate surface area is 118 Å². The van der Waals surface area contributed by atoms with Gasteiger partial charge in [0.25, 0.3) is 0 Å². The Morgan fingerprint density at radius 2 is 2.25 bits per heavy atom. The van der Waals surface area contributed by atoms with Crippen LogP contribution in [0.1, 0.15) is 25.6 Å². The van der Waals surface area contributed by atoms with E-state index in [1.165, 1.54) is 0 Å². The van der Waals surface area contributed by atoms with E-state index in [-0.39, 0.29) is 24.5 Å². The van der Waals surface area contributed by atoms with Crippen LogP contribution in [0.3, 0.4) is 0 Å². The fourth-order valence-corrected chi connectivity index (χ4v) is 2.20. The number of piperazine rings is 1. The van der Waals surface area contributed by atoms with Crippen LogP contribution in [0.2, 0.25) is 0 Å². The summed E-state index contributed by atoms with van der Waals surface area (Å²) in [6.07, 6.45) is 1.70. The summed E-state index contributed by atoms with van der Waals surface area (Å²) < 4.78 is 0. The summed E-state index contributed by atoms with van der Waals surface area (Å²) in [5.41, 5.74) is 0.805. The van der Waals surface area contributed by atoms with Crippen LogP contribution in [0.5, 0.6) is 0 Å². The van der Waals surface area contributed by atoms with E-state index in [2.05, 4.69) is 10.3 Å². The maximum atomic E-state index is 12.1. The molecular formula is C14H20N4O2. The lowest BCUT2D eigenvalue weighted by atomic mass is 10.2. The van der Waals surface area contributed by atoms with Gasteiger partial charge in [0.15, 0.2) is 0 Å². The minimum atomic E-state index is -0.216. The van der Waals surface area contributed by atoms with Gasteiger partial charge in [-0.1, -0.05) is 6.07 Å². The molecule has 1 aliphatic heterocycles. The van der Waals surface area contributed by atoms with Crippen molar-refractivity contribution in [2.24, 2.45) is 0 Å². The zero-order valence-electron chi connectivity index (χ0n) is 11.9. The van der Waals surface area contributed by atoms with Crippen molar-refractivity contribution in [2.75, 3.05) is 26.2 Å². The van der Waals surface area contributed by atoms with E-state index in [0.717, 1.165) is 5.69 Å². The van der Waals surface area contributed by atoms with Crippen LogP contribution in [0.25, 0.3) is 0 Å². The van der Waals surface area contributed by atoms with Gasteiger partial charge in [0, 0.05) is 25.8 Å². The summed E-state index contributed by atoms with van der Waals surface area (Å²) in [6, 6.07) is 5.19. The van der Waals surface area contributed by atoms with Crippen LogP contribution < -0.4 is 5.32 Å². The second-order valence-corrected chi connectivity index (χ2v) is 4.82. The standard InChI is InChI=1S/C14H20N4O2/c1-3-17-8-9-18(10-13(17)19)14(20)16-11(2)12-6-4-5-7-15-12/h4-7,11H,3,8-10H2,1-2H3,(H,16,20). The summed E-state index contributed by atoms with van der Waals surface area (Å²) in [4.78, 5) is 31.4. The predicted octanol–water partition coefficient (Wildman–Crippen LogP) is 1.02. The van der Waals surface area contributed by atoms with Crippen molar-refractivity contribution >= 4 is 11.9 Å². The summed E-state index contributed by atoms with van der Waals surface area (Å²) in [6.45, 7) is 5.83. The van der Waals surface area contributed by atoms with Crippen LogP contribution >= 0.6 is 0 Å². The Morgan fingerprint density at radius 1 is 1.45 bits per heavy atom. The van der Waals surface area contributed by atoms with Crippen molar-refractivity contribution in [3.05, 3.63) is 30.1 Å². The van der Waals surface area contributed by atoms with E-state index in [9.17, 15) is 9.59 Å². The van der Waals surface area contributed by atoms with E-state index in [0.29, 0.717) is 19.6 Å². The van der Waals surface area contributed by atoms with Crippen molar-refractivity contribution in [1.82, 2.24) is 20.1 Å². The third kappa shape index (κ3) is 3.26. The number of likely N-dealkylation sites (N-methyl/N-ethyl adjacent to an activating group) is 1. The molecule has 1 aromatic rings. The van der Waals surface area contributed by atoms with Crippen LogP contribution in [-0.4, -0.2) is 52.9 Å². The number of carbonyl (C=O) groups is 2. The third-order valence-corrected chi connectivity index (χ3v) is 3.46. The summed E-state index contributed by atoms with van der Waals surface area (Å²) in [7, 11) is 0. The molecular weight excluding hydrogens is 256 g/mol. The topological polar surface area (TPSA) is 65.5 Å². The van der Waals surface area contributed by atoms with E-state index in [1.54, 1.807) is 16.0 Å². The first-order chi connectivity index (χ1) is 9.61. The lowest BCUT2D eigenvalue weighted by molar-refractivity contribution is -0.134. The molecule has 6 nitrogen and oxygen atoms in total. The SMILES string of the molecule is CCN1CCN(C(=O)NC(C)c2ccccn2)CC1=O. The average Bonchev–Trinajstić information content (AvgIpc) is 2.48. The maximum Gasteiger partial charge on any atom is 0.318 e. The largest absolute Gasteiger partial charge is 0.340 e. The number of carbonyl (C=O) groups excluding carboxylic acids is 2. The normalized spacial score (nSPS) is 17.0. The van der Waals surface area contributed by atoms with Gasteiger partial charge < -0.3 is 15.1 Å². The molecule has 20 heavy (non-hydrogen) atoms. The zero-order chi connectivity index (χ0) is 14.5. The Kier molecular flexibility index (Phi) is 4.55. The molecule has 2 rings (SSSR count). The molecule has 0 bridgehead atoms. The van der Waals surface area contributed by atoms with Crippen molar-refractivity contribution in [3.8, 4) is 0 Å². The molecule has 0 aliphatic carbocycles. The fraction of sp³-hybridized carbons (Fsp3) is 0.500. The first kappa shape index (κ1) is 14.3. The highest BCUT2D eigenvalue weighted by Crippen LogP contribution is 2.10. The van der Waals surface area contributed by atoms with Gasteiger partial charge in [0.05, 0.1) is 11.7 Å². The smallest absolute Gasteiger partial charge is 0.318 e. The van der Waals surface area contributed by atoms with Gasteiger partial charge in [-0.15, -0.1) is 0 Å². The lowest BCUT2D eigenvalue weighted by Gasteiger charge is -2.34. The highest BCUT2D eigenvalue weighted by Gasteiger charge is 2.26. The van der Waals surface area contributed by atoms with Gasteiger partial charge >= 0.3 is 6.03 Å². The van der Waals surface area contributed by atoms with E-state index in [1.807, 2.05) is 32.0 Å². The molecule has 0 saturated carbocycles. The number of amides is 3. The molecule has 3 amide bonds. The number of hydrogen-bond donors (Lipinski definition) is 1. The molecule has 1 aromatic heterocycles. The predicted molar refractivity (Wildman–Crippen MR) is 75.0 cm³/mol. The summed E-state index contributed by atoms with van der Waals surface area (Å²) >= 11 is 0. The highest BCUT2D eigenvalue weighted by molar-refractivity contribution is 5.85. The molecule has 1 saturated heterocycles. The molecule has 1 N–H and O–H groups in total. The first-order valence-electron chi connectivity index (χ1n) is 6.86. The second-order valence-electron chi connectivity index (χ2n) is 4.82. The quantitative estimate of drug-likeness (QED) is 0.896. The van der Waals surface area contributed by atoms with Gasteiger partial charge in [-0.2, -0.15) is 0 Å². The molecule has 1 aliphatic rings. The van der Waals surface area contributed by atoms with E-state index < -0.39 is 0 Å². The highest BCUT2D eigenvalue weighted by atomic mass is 16.2. The van der Waals surface area contributed by atoms with Crippen molar-refractivity contribution in [1.29, 1.82) is 0 Å².